The predicted molar refractivity (Wildman–Crippen MR) is 82.1 cm³/mol. The Hall–Kier alpha value is -0.160. The third-order valence-electron chi connectivity index (χ3n) is 6.97. The van der Waals surface area contributed by atoms with Crippen LogP contribution in [0.4, 0.5) is 0 Å². The molecule has 2 bridgehead atoms. The molecule has 0 aromatic heterocycles. The molecule has 0 unspecified atom stereocenters. The van der Waals surface area contributed by atoms with Gasteiger partial charge >= 0.3 is 0 Å². The van der Waals surface area contributed by atoms with Gasteiger partial charge < -0.3 is 19.3 Å². The van der Waals surface area contributed by atoms with Crippen LogP contribution in [0.5, 0.6) is 0 Å². The number of ether oxygens (including phenoxy) is 3. The number of aliphatic hydroxyl groups excluding tert-OH is 1. The lowest BCUT2D eigenvalue weighted by molar-refractivity contribution is -0.289. The second-order valence-electron chi connectivity index (χ2n) is 8.24. The second kappa shape index (κ2) is 5.17. The molecule has 4 nitrogen and oxygen atoms in total. The molecule has 3 heterocycles. The zero-order chi connectivity index (χ0) is 15.5. The Morgan fingerprint density at radius 1 is 1.14 bits per heavy atom. The van der Waals surface area contributed by atoms with Gasteiger partial charge in [-0.1, -0.05) is 13.8 Å². The van der Waals surface area contributed by atoms with E-state index in [1.54, 1.807) is 0 Å². The molecule has 1 aliphatic carbocycles. The highest BCUT2D eigenvalue weighted by Gasteiger charge is 2.71. The molecule has 0 aromatic rings. The lowest BCUT2D eigenvalue weighted by Gasteiger charge is -2.58. The number of hydrogen-bond acceptors (Lipinski definition) is 4. The SMILES string of the molecule is C[C@H]1[C@@H](CCCO)O[C@@H]2O[C@@]3(C)CC[C@H]4[C@H](C)CC[C@@H]1[C@@]24O3. The van der Waals surface area contributed by atoms with E-state index in [4.69, 9.17) is 19.3 Å². The van der Waals surface area contributed by atoms with Crippen LogP contribution in [0, 0.1) is 23.7 Å². The van der Waals surface area contributed by atoms with Gasteiger partial charge in [0.25, 0.3) is 0 Å². The van der Waals surface area contributed by atoms with Gasteiger partial charge in [0.2, 0.25) is 0 Å². The topological polar surface area (TPSA) is 47.9 Å². The molecule has 1 N–H and O–H groups in total. The van der Waals surface area contributed by atoms with Gasteiger partial charge in [-0.2, -0.15) is 0 Å². The van der Waals surface area contributed by atoms with Crippen LogP contribution in [0.15, 0.2) is 0 Å². The fourth-order valence-corrected chi connectivity index (χ4v) is 5.87. The normalized spacial score (nSPS) is 56.7. The largest absolute Gasteiger partial charge is 0.396 e. The van der Waals surface area contributed by atoms with Crippen molar-refractivity contribution in [1.29, 1.82) is 0 Å². The molecule has 0 aromatic carbocycles. The number of fused-ring (bicyclic) bond motifs is 1. The van der Waals surface area contributed by atoms with Crippen molar-refractivity contribution in [3.05, 3.63) is 0 Å². The highest BCUT2D eigenvalue weighted by atomic mass is 16.8. The van der Waals surface area contributed by atoms with Crippen LogP contribution in [0.3, 0.4) is 0 Å². The van der Waals surface area contributed by atoms with Gasteiger partial charge in [0.15, 0.2) is 12.1 Å². The first-order chi connectivity index (χ1) is 10.5. The molecule has 126 valence electrons. The molecule has 0 radical (unpaired) electrons. The van der Waals surface area contributed by atoms with E-state index in [9.17, 15) is 0 Å². The molecule has 4 fully saturated rings. The fourth-order valence-electron chi connectivity index (χ4n) is 5.87. The van der Waals surface area contributed by atoms with Crippen molar-refractivity contribution in [2.45, 2.75) is 83.1 Å². The molecule has 0 amide bonds. The molecule has 3 aliphatic heterocycles. The van der Waals surface area contributed by atoms with Gasteiger partial charge in [-0.05, 0) is 62.7 Å². The van der Waals surface area contributed by atoms with Crippen molar-refractivity contribution in [2.24, 2.45) is 23.7 Å². The lowest BCUT2D eigenvalue weighted by atomic mass is 9.56. The van der Waals surface area contributed by atoms with E-state index in [1.165, 1.54) is 19.3 Å². The van der Waals surface area contributed by atoms with Crippen LogP contribution in [-0.2, 0) is 14.2 Å². The highest BCUT2D eigenvalue weighted by Crippen LogP contribution is 2.63. The van der Waals surface area contributed by atoms with Crippen molar-refractivity contribution in [2.75, 3.05) is 6.61 Å². The van der Waals surface area contributed by atoms with Crippen LogP contribution >= 0.6 is 0 Å². The van der Waals surface area contributed by atoms with Crippen LogP contribution in [0.25, 0.3) is 0 Å². The van der Waals surface area contributed by atoms with Gasteiger partial charge in [-0.25, -0.2) is 0 Å². The molecule has 1 spiro atoms. The first kappa shape index (κ1) is 15.4. The molecular weight excluding hydrogens is 280 g/mol. The van der Waals surface area contributed by atoms with Gasteiger partial charge in [-0.15, -0.1) is 0 Å². The Kier molecular flexibility index (Phi) is 3.61. The second-order valence-corrected chi connectivity index (χ2v) is 8.24. The average molecular weight is 310 g/mol. The van der Waals surface area contributed by atoms with Crippen LogP contribution in [0.2, 0.25) is 0 Å². The lowest BCUT2D eigenvalue weighted by Crippen LogP contribution is -2.66. The molecule has 1 saturated carbocycles. The van der Waals surface area contributed by atoms with Gasteiger partial charge in [0, 0.05) is 13.0 Å². The van der Waals surface area contributed by atoms with Crippen molar-refractivity contribution in [3.63, 3.8) is 0 Å². The van der Waals surface area contributed by atoms with Crippen LogP contribution < -0.4 is 0 Å². The quantitative estimate of drug-likeness (QED) is 0.870. The summed E-state index contributed by atoms with van der Waals surface area (Å²) in [4.78, 5) is 0. The van der Waals surface area contributed by atoms with E-state index >= 15 is 0 Å². The summed E-state index contributed by atoms with van der Waals surface area (Å²) in [6.45, 7) is 7.02. The number of aliphatic hydroxyl groups is 1. The molecule has 3 saturated heterocycles. The summed E-state index contributed by atoms with van der Waals surface area (Å²) in [6.07, 6.45) is 6.38. The van der Waals surface area contributed by atoms with Crippen molar-refractivity contribution in [1.82, 2.24) is 0 Å². The Morgan fingerprint density at radius 2 is 1.95 bits per heavy atom. The van der Waals surface area contributed by atoms with Crippen molar-refractivity contribution in [3.8, 4) is 0 Å². The zero-order valence-corrected chi connectivity index (χ0v) is 14.1. The summed E-state index contributed by atoms with van der Waals surface area (Å²) < 4.78 is 19.4. The standard InChI is InChI=1S/C18H30O4/c1-11-6-7-14-12(2)15(5-4-10-19)20-16-18(14)13(11)8-9-17(3,21-16)22-18/h11-16,19H,4-10H2,1-3H3/t11-,12-,13+,14+,15-,16-,17-,18-/m1/s1. The van der Waals surface area contributed by atoms with Crippen molar-refractivity contribution >= 4 is 0 Å². The average Bonchev–Trinajstić information content (AvgIpc) is 2.70. The Balaban J connectivity index is 1.68. The highest BCUT2D eigenvalue weighted by molar-refractivity contribution is 5.13. The van der Waals surface area contributed by atoms with Gasteiger partial charge in [0.1, 0.15) is 5.60 Å². The third-order valence-corrected chi connectivity index (χ3v) is 6.97. The zero-order valence-electron chi connectivity index (χ0n) is 14.1. The summed E-state index contributed by atoms with van der Waals surface area (Å²) in [5.74, 6) is 1.80. The molecule has 8 atom stereocenters. The van der Waals surface area contributed by atoms with Gasteiger partial charge in [-0.3, -0.25) is 0 Å². The Bertz CT molecular complexity index is 441. The third kappa shape index (κ3) is 1.97. The van der Waals surface area contributed by atoms with E-state index in [0.717, 1.165) is 19.3 Å². The fraction of sp³-hybridized carbons (Fsp3) is 1.00. The molecule has 4 heteroatoms. The Morgan fingerprint density at radius 3 is 2.73 bits per heavy atom. The maximum Gasteiger partial charge on any atom is 0.190 e. The maximum atomic E-state index is 9.16. The van der Waals surface area contributed by atoms with E-state index in [0.29, 0.717) is 23.7 Å². The number of hydrogen-bond donors (Lipinski definition) is 1. The Labute approximate surface area is 133 Å². The van der Waals surface area contributed by atoms with Crippen LogP contribution in [-0.4, -0.2) is 35.5 Å². The summed E-state index contributed by atoms with van der Waals surface area (Å²) >= 11 is 0. The predicted octanol–water partition coefficient (Wildman–Crippen LogP) is 3.08. The summed E-state index contributed by atoms with van der Waals surface area (Å²) in [7, 11) is 0. The molecular formula is C18H30O4. The summed E-state index contributed by atoms with van der Waals surface area (Å²) in [5.41, 5.74) is -0.222. The first-order valence-electron chi connectivity index (χ1n) is 9.14. The monoisotopic (exact) mass is 310 g/mol. The smallest absolute Gasteiger partial charge is 0.190 e. The van der Waals surface area contributed by atoms with Crippen molar-refractivity contribution < 1.29 is 19.3 Å². The van der Waals surface area contributed by atoms with Crippen LogP contribution in [0.1, 0.15) is 59.3 Å². The minimum absolute atomic E-state index is 0.188. The van der Waals surface area contributed by atoms with E-state index < -0.39 is 5.79 Å². The van der Waals surface area contributed by atoms with E-state index in [-0.39, 0.29) is 24.6 Å². The first-order valence-corrected chi connectivity index (χ1v) is 9.14. The minimum Gasteiger partial charge on any atom is -0.396 e. The summed E-state index contributed by atoms with van der Waals surface area (Å²) in [6, 6.07) is 0. The number of rotatable bonds is 3. The minimum atomic E-state index is -0.456. The molecule has 4 aliphatic rings. The van der Waals surface area contributed by atoms with Gasteiger partial charge in [0.05, 0.1) is 6.10 Å². The van der Waals surface area contributed by atoms with E-state index in [2.05, 4.69) is 20.8 Å². The molecule has 4 rings (SSSR count). The molecule has 22 heavy (non-hydrogen) atoms. The maximum absolute atomic E-state index is 9.16. The van der Waals surface area contributed by atoms with E-state index in [1.807, 2.05) is 0 Å². The summed E-state index contributed by atoms with van der Waals surface area (Å²) in [5, 5.41) is 9.16.